The lowest BCUT2D eigenvalue weighted by atomic mass is 10.6. The molecule has 0 aliphatic heterocycles. The van der Waals surface area contributed by atoms with Crippen LogP contribution in [-0.4, -0.2) is 43.3 Å². The normalized spacial score (nSPS) is 10.5. The summed E-state index contributed by atoms with van der Waals surface area (Å²) in [5.74, 6) is -2.56. The first-order valence-corrected chi connectivity index (χ1v) is 1.88. The lowest BCUT2D eigenvalue weighted by molar-refractivity contribution is -0.305. The molecule has 0 aromatic carbocycles. The van der Waals surface area contributed by atoms with Crippen LogP contribution >= 0.6 is 0 Å². The van der Waals surface area contributed by atoms with Gasteiger partial charge in [0.15, 0.2) is 0 Å². The Labute approximate surface area is 49.7 Å². The van der Waals surface area contributed by atoms with Gasteiger partial charge in [0.25, 0.3) is 5.97 Å². The van der Waals surface area contributed by atoms with Gasteiger partial charge in [-0.1, -0.05) is 0 Å². The summed E-state index contributed by atoms with van der Waals surface area (Å²) in [6.45, 7) is -0.243. The molecule has 4 nitrogen and oxygen atoms in total. The molecule has 0 atom stereocenters. The fourth-order valence-electron chi connectivity index (χ4n) is 0.237. The highest BCUT2D eigenvalue weighted by Crippen LogP contribution is 1.85. The average Bonchev–Trinajstić information content (AvgIpc) is 1.30. The fraction of sp³-hybridized carbons (Fsp3) is 1.00. The van der Waals surface area contributed by atoms with Gasteiger partial charge in [0.2, 0.25) is 0 Å². The maximum absolute atomic E-state index is 8.07. The van der Waals surface area contributed by atoms with E-state index >= 15 is 0 Å². The summed E-state index contributed by atoms with van der Waals surface area (Å²) < 4.78 is 0. The molecule has 0 aliphatic carbocycles. The first-order chi connectivity index (χ1) is 3.06. The molecule has 0 unspecified atom stereocenters. The van der Waals surface area contributed by atoms with Gasteiger partial charge in [0, 0.05) is 0 Å². The van der Waals surface area contributed by atoms with E-state index in [0.717, 1.165) is 0 Å². The van der Waals surface area contributed by atoms with E-state index in [9.17, 15) is 0 Å². The molecule has 0 saturated heterocycles. The van der Waals surface area contributed by atoms with Crippen LogP contribution in [0, 0.1) is 0 Å². The van der Waals surface area contributed by atoms with Crippen LogP contribution in [0.25, 0.3) is 0 Å². The maximum Gasteiger partial charge on any atom is 0.288 e. The summed E-state index contributed by atoms with van der Waals surface area (Å²) in [4.78, 5) is 0. The molecule has 4 N–H and O–H groups in total. The number of rotatable bonds is 2. The van der Waals surface area contributed by atoms with E-state index < -0.39 is 5.97 Å². The zero-order valence-electron chi connectivity index (χ0n) is 4.05. The Balaban J connectivity index is 0. The van der Waals surface area contributed by atoms with Crippen molar-refractivity contribution in [2.24, 2.45) is 0 Å². The molecule has 0 aromatic rings. The van der Waals surface area contributed by atoms with Gasteiger partial charge in [0.05, 0.1) is 15.0 Å². The summed E-state index contributed by atoms with van der Waals surface area (Å²) in [5, 5.41) is 26.6. The number of hydrogen-bond donors (Lipinski definition) is 4. The summed E-state index contributed by atoms with van der Waals surface area (Å²) >= 11 is 0. The van der Waals surface area contributed by atoms with Crippen LogP contribution in [0.4, 0.5) is 0 Å². The molecule has 0 spiro atoms. The minimum atomic E-state index is -2.56. The van der Waals surface area contributed by atoms with Crippen molar-refractivity contribution in [3.63, 3.8) is 0 Å². The molecule has 0 heterocycles. The fourth-order valence-corrected chi connectivity index (χ4v) is 0.237. The molecule has 0 fully saturated rings. The van der Waals surface area contributed by atoms with Crippen molar-refractivity contribution in [3.8, 4) is 0 Å². The standard InChI is InChI=1S/C3H9NO3.BH3/c1-4-2-3(5,6)7;/h4-7H,2H2,1H3;1H3. The third-order valence-electron chi connectivity index (χ3n) is 0.414. The largest absolute Gasteiger partial charge is 0.343 e. The Hall–Kier alpha value is -0.0951. The van der Waals surface area contributed by atoms with Gasteiger partial charge in [-0.15, -0.1) is 0 Å². The van der Waals surface area contributed by atoms with Crippen molar-refractivity contribution in [3.05, 3.63) is 0 Å². The number of aliphatic hydroxyl groups is 3. The van der Waals surface area contributed by atoms with E-state index in [1.807, 2.05) is 0 Å². The average molecular weight is 121 g/mol. The van der Waals surface area contributed by atoms with Crippen molar-refractivity contribution in [2.75, 3.05) is 13.6 Å². The molecule has 0 bridgehead atoms. The van der Waals surface area contributed by atoms with E-state index in [2.05, 4.69) is 5.32 Å². The molecule has 0 aliphatic rings. The van der Waals surface area contributed by atoms with Gasteiger partial charge < -0.3 is 20.6 Å². The minimum absolute atomic E-state index is 0. The van der Waals surface area contributed by atoms with Crippen LogP contribution in [0.2, 0.25) is 0 Å². The van der Waals surface area contributed by atoms with Crippen LogP contribution in [0.1, 0.15) is 0 Å². The SMILES string of the molecule is B.CNCC(O)(O)O. The number of likely N-dealkylation sites (N-methyl/N-ethyl adjacent to an activating group) is 1. The highest BCUT2D eigenvalue weighted by atomic mass is 16.7. The Morgan fingerprint density at radius 3 is 1.75 bits per heavy atom. The zero-order chi connectivity index (χ0) is 5.91. The molecule has 5 heteroatoms. The molecule has 0 aromatic heterocycles. The molecule has 8 heavy (non-hydrogen) atoms. The first kappa shape index (κ1) is 10.8. The monoisotopic (exact) mass is 121 g/mol. The van der Waals surface area contributed by atoms with Crippen LogP contribution in [0.3, 0.4) is 0 Å². The minimum Gasteiger partial charge on any atom is -0.343 e. The molecule has 0 radical (unpaired) electrons. The van der Waals surface area contributed by atoms with Crippen molar-refractivity contribution in [2.45, 2.75) is 5.97 Å². The Morgan fingerprint density at radius 2 is 1.75 bits per heavy atom. The highest BCUT2D eigenvalue weighted by molar-refractivity contribution is 5.75. The summed E-state index contributed by atoms with van der Waals surface area (Å²) in [5.41, 5.74) is 0. The predicted octanol–water partition coefficient (Wildman–Crippen LogP) is -3.35. The van der Waals surface area contributed by atoms with Crippen molar-refractivity contribution in [1.29, 1.82) is 0 Å². The van der Waals surface area contributed by atoms with Crippen molar-refractivity contribution >= 4 is 8.41 Å². The van der Waals surface area contributed by atoms with E-state index in [1.165, 1.54) is 7.05 Å². The summed E-state index contributed by atoms with van der Waals surface area (Å²) in [6, 6.07) is 0. The second-order valence-electron chi connectivity index (χ2n) is 1.30. The third kappa shape index (κ3) is 9.32. The van der Waals surface area contributed by atoms with Crippen LogP contribution in [-0.2, 0) is 0 Å². The van der Waals surface area contributed by atoms with Gasteiger partial charge in [-0.25, -0.2) is 0 Å². The van der Waals surface area contributed by atoms with E-state index in [0.29, 0.717) is 0 Å². The lowest BCUT2D eigenvalue weighted by Gasteiger charge is -2.11. The van der Waals surface area contributed by atoms with Gasteiger partial charge >= 0.3 is 0 Å². The topological polar surface area (TPSA) is 72.7 Å². The highest BCUT2D eigenvalue weighted by Gasteiger charge is 2.14. The van der Waals surface area contributed by atoms with Gasteiger partial charge in [-0.2, -0.15) is 0 Å². The number of nitrogens with one attached hydrogen (secondary N) is 1. The molecular formula is C3H12BNO3. The van der Waals surface area contributed by atoms with Gasteiger partial charge in [0.1, 0.15) is 0 Å². The number of hydrogen-bond acceptors (Lipinski definition) is 4. The zero-order valence-corrected chi connectivity index (χ0v) is 4.05. The molecule has 0 rings (SSSR count). The predicted molar refractivity (Wildman–Crippen MR) is 33.3 cm³/mol. The molecule has 0 saturated carbocycles. The molecule has 50 valence electrons. The second kappa shape index (κ2) is 3.85. The Kier molecular flexibility index (Phi) is 5.21. The van der Waals surface area contributed by atoms with Crippen molar-refractivity contribution < 1.29 is 15.3 Å². The van der Waals surface area contributed by atoms with Gasteiger partial charge in [-0.3, -0.25) is 0 Å². The maximum atomic E-state index is 8.07. The molecular weight excluding hydrogens is 109 g/mol. The van der Waals surface area contributed by atoms with E-state index in [4.69, 9.17) is 15.3 Å². The summed E-state index contributed by atoms with van der Waals surface area (Å²) in [6.07, 6.45) is 0. The molecule has 0 amide bonds. The van der Waals surface area contributed by atoms with Crippen LogP contribution in [0.15, 0.2) is 0 Å². The van der Waals surface area contributed by atoms with Crippen molar-refractivity contribution in [1.82, 2.24) is 5.32 Å². The third-order valence-corrected chi connectivity index (χ3v) is 0.414. The van der Waals surface area contributed by atoms with Gasteiger partial charge in [-0.05, 0) is 7.05 Å². The first-order valence-electron chi connectivity index (χ1n) is 1.88. The van der Waals surface area contributed by atoms with Crippen LogP contribution < -0.4 is 5.32 Å². The summed E-state index contributed by atoms with van der Waals surface area (Å²) in [7, 11) is 1.50. The van der Waals surface area contributed by atoms with Crippen LogP contribution in [0.5, 0.6) is 0 Å². The quantitative estimate of drug-likeness (QED) is 0.227. The smallest absolute Gasteiger partial charge is 0.288 e. The second-order valence-corrected chi connectivity index (χ2v) is 1.30. The lowest BCUT2D eigenvalue weighted by Crippen LogP contribution is -2.38. The van der Waals surface area contributed by atoms with E-state index in [-0.39, 0.29) is 15.0 Å². The Bertz CT molecular complexity index is 53.0. The van der Waals surface area contributed by atoms with E-state index in [1.54, 1.807) is 0 Å². The Morgan fingerprint density at radius 1 is 1.38 bits per heavy atom.